The van der Waals surface area contributed by atoms with Crippen LogP contribution in [0.2, 0.25) is 0 Å². The first-order valence-electron chi connectivity index (χ1n) is 12.7. The molecule has 0 aliphatic carbocycles. The molecule has 2 rings (SSSR count). The number of likely N-dealkylation sites (N-methyl/N-ethyl adjacent to an activating group) is 1. The van der Waals surface area contributed by atoms with Crippen molar-refractivity contribution in [3.63, 3.8) is 0 Å². The highest BCUT2D eigenvalue weighted by Gasteiger charge is 2.33. The lowest BCUT2D eigenvalue weighted by Crippen LogP contribution is -2.55. The van der Waals surface area contributed by atoms with Crippen LogP contribution in [0.5, 0.6) is 0 Å². The first kappa shape index (κ1) is 28.9. The van der Waals surface area contributed by atoms with Crippen molar-refractivity contribution in [3.8, 4) is 0 Å². The van der Waals surface area contributed by atoms with Crippen molar-refractivity contribution >= 4 is 34.7 Å². The number of para-hydroxylation sites is 1. The summed E-state index contributed by atoms with van der Waals surface area (Å²) < 4.78 is 0. The van der Waals surface area contributed by atoms with Crippen molar-refractivity contribution in [2.45, 2.75) is 73.4 Å². The molecule has 0 bridgehead atoms. The zero-order valence-corrected chi connectivity index (χ0v) is 22.9. The fourth-order valence-electron chi connectivity index (χ4n) is 4.17. The van der Waals surface area contributed by atoms with Gasteiger partial charge in [-0.05, 0) is 44.2 Å². The number of amides is 3. The van der Waals surface area contributed by atoms with Crippen molar-refractivity contribution in [1.82, 2.24) is 20.5 Å². The maximum atomic E-state index is 13.3. The summed E-state index contributed by atoms with van der Waals surface area (Å²) in [5.74, 6) is -0.710. The number of hydrogen-bond acceptors (Lipinski definition) is 3. The van der Waals surface area contributed by atoms with E-state index in [0.29, 0.717) is 6.42 Å². The van der Waals surface area contributed by atoms with Gasteiger partial charge in [0.15, 0.2) is 0 Å². The Balaban J connectivity index is 2.27. The van der Waals surface area contributed by atoms with E-state index in [1.54, 1.807) is 13.2 Å². The molecule has 0 radical (unpaired) electrons. The molecular formula is C29H42N4O3. The minimum atomic E-state index is -0.686. The van der Waals surface area contributed by atoms with Gasteiger partial charge < -0.3 is 20.5 Å². The Hall–Kier alpha value is -3.35. The summed E-state index contributed by atoms with van der Waals surface area (Å²) in [4.78, 5) is 43.1. The highest BCUT2D eigenvalue weighted by Crippen LogP contribution is 2.24. The minimum Gasteiger partial charge on any atom is -0.358 e. The van der Waals surface area contributed by atoms with Crippen molar-refractivity contribution < 1.29 is 14.4 Å². The number of nitrogens with zero attached hydrogens (tertiary/aromatic N) is 1. The average Bonchev–Trinajstić information content (AvgIpc) is 3.15. The molecule has 1 aromatic heterocycles. The van der Waals surface area contributed by atoms with Gasteiger partial charge >= 0.3 is 0 Å². The molecule has 196 valence electrons. The van der Waals surface area contributed by atoms with Gasteiger partial charge in [-0.2, -0.15) is 0 Å². The predicted molar refractivity (Wildman–Crippen MR) is 147 cm³/mol. The summed E-state index contributed by atoms with van der Waals surface area (Å²) >= 11 is 0. The molecule has 0 fully saturated rings. The second-order valence-electron chi connectivity index (χ2n) is 10.4. The summed E-state index contributed by atoms with van der Waals surface area (Å²) in [5.41, 5.74) is 4.38. The summed E-state index contributed by atoms with van der Waals surface area (Å²) in [5, 5.41) is 6.71. The summed E-state index contributed by atoms with van der Waals surface area (Å²) in [6.45, 7) is 13.3. The highest BCUT2D eigenvalue weighted by atomic mass is 16.2. The van der Waals surface area contributed by atoms with Gasteiger partial charge in [0.2, 0.25) is 17.7 Å². The van der Waals surface area contributed by atoms with E-state index in [4.69, 9.17) is 0 Å². The maximum Gasteiger partial charge on any atom is 0.246 e. The molecule has 0 aliphatic rings. The van der Waals surface area contributed by atoms with Crippen molar-refractivity contribution in [2.24, 2.45) is 11.8 Å². The lowest BCUT2D eigenvalue weighted by atomic mass is 9.98. The fourth-order valence-corrected chi connectivity index (χ4v) is 4.17. The van der Waals surface area contributed by atoms with E-state index in [9.17, 15) is 14.4 Å². The number of nitrogens with one attached hydrogen (secondary N) is 3. The normalized spacial score (nSPS) is 13.2. The molecule has 0 unspecified atom stereocenters. The van der Waals surface area contributed by atoms with E-state index < -0.39 is 12.1 Å². The van der Waals surface area contributed by atoms with Crippen LogP contribution in [-0.4, -0.2) is 46.7 Å². The molecule has 1 heterocycles. The first-order valence-corrected chi connectivity index (χ1v) is 12.7. The van der Waals surface area contributed by atoms with Crippen LogP contribution < -0.4 is 10.6 Å². The van der Waals surface area contributed by atoms with Crippen LogP contribution in [0.25, 0.3) is 17.0 Å². The van der Waals surface area contributed by atoms with Gasteiger partial charge in [0.05, 0.1) is 0 Å². The van der Waals surface area contributed by atoms with Gasteiger partial charge in [-0.15, -0.1) is 0 Å². The Labute approximate surface area is 215 Å². The van der Waals surface area contributed by atoms with E-state index in [2.05, 4.69) is 41.6 Å². The summed E-state index contributed by atoms with van der Waals surface area (Å²) in [6.07, 6.45) is 7.00. The van der Waals surface area contributed by atoms with Gasteiger partial charge in [-0.25, -0.2) is 0 Å². The molecular weight excluding hydrogens is 452 g/mol. The molecule has 2 aromatic rings. The Morgan fingerprint density at radius 3 is 2.31 bits per heavy atom. The zero-order chi connectivity index (χ0) is 27.0. The van der Waals surface area contributed by atoms with Gasteiger partial charge in [0.1, 0.15) is 12.1 Å². The molecule has 36 heavy (non-hydrogen) atoms. The molecule has 3 amide bonds. The Kier molecular flexibility index (Phi) is 10.5. The van der Waals surface area contributed by atoms with Gasteiger partial charge in [-0.1, -0.05) is 57.5 Å². The SMILES string of the molecule is CC(=O)N[C@@H](C(=O)N(C)[C@H](CC(C)C)C(=O)N/C=C\c1c(CC=C(C)C)[nH]c2ccccc12)C(C)C. The monoisotopic (exact) mass is 494 g/mol. The average molecular weight is 495 g/mol. The molecule has 0 spiro atoms. The van der Waals surface area contributed by atoms with Crippen LogP contribution in [-0.2, 0) is 20.8 Å². The molecule has 0 saturated heterocycles. The van der Waals surface area contributed by atoms with Crippen LogP contribution in [0.4, 0.5) is 0 Å². The number of carbonyl (C=O) groups excluding carboxylic acids is 3. The van der Waals surface area contributed by atoms with Gasteiger partial charge in [-0.3, -0.25) is 14.4 Å². The fraction of sp³-hybridized carbons (Fsp3) is 0.483. The smallest absolute Gasteiger partial charge is 0.246 e. The number of aromatic nitrogens is 1. The molecule has 0 saturated carbocycles. The van der Waals surface area contributed by atoms with E-state index in [-0.39, 0.29) is 29.6 Å². The summed E-state index contributed by atoms with van der Waals surface area (Å²) in [6, 6.07) is 6.74. The van der Waals surface area contributed by atoms with Crippen molar-refractivity contribution in [1.29, 1.82) is 0 Å². The summed E-state index contributed by atoms with van der Waals surface area (Å²) in [7, 11) is 1.63. The van der Waals surface area contributed by atoms with Crippen LogP contribution in [0.3, 0.4) is 0 Å². The number of carbonyl (C=O) groups is 3. The van der Waals surface area contributed by atoms with Gasteiger partial charge in [0, 0.05) is 48.8 Å². The third-order valence-electron chi connectivity index (χ3n) is 6.12. The van der Waals surface area contributed by atoms with E-state index in [1.807, 2.05) is 52.0 Å². The minimum absolute atomic E-state index is 0.104. The van der Waals surface area contributed by atoms with Crippen LogP contribution in [0, 0.1) is 11.8 Å². The number of benzene rings is 1. The lowest BCUT2D eigenvalue weighted by molar-refractivity contribution is -0.142. The number of rotatable bonds is 11. The van der Waals surface area contributed by atoms with E-state index >= 15 is 0 Å². The number of fused-ring (bicyclic) bond motifs is 1. The predicted octanol–water partition coefficient (Wildman–Crippen LogP) is 4.80. The second-order valence-corrected chi connectivity index (χ2v) is 10.4. The molecule has 7 nitrogen and oxygen atoms in total. The molecule has 3 N–H and O–H groups in total. The quantitative estimate of drug-likeness (QED) is 0.392. The van der Waals surface area contributed by atoms with Crippen LogP contribution >= 0.6 is 0 Å². The number of hydrogen-bond donors (Lipinski definition) is 3. The van der Waals surface area contributed by atoms with Crippen LogP contribution in [0.1, 0.15) is 66.1 Å². The van der Waals surface area contributed by atoms with Crippen molar-refractivity contribution in [2.75, 3.05) is 7.05 Å². The highest BCUT2D eigenvalue weighted by molar-refractivity contribution is 5.93. The number of allylic oxidation sites excluding steroid dienone is 2. The number of aromatic amines is 1. The molecule has 0 aliphatic heterocycles. The third-order valence-corrected chi connectivity index (χ3v) is 6.12. The van der Waals surface area contributed by atoms with Crippen molar-refractivity contribution in [3.05, 3.63) is 53.4 Å². The first-order chi connectivity index (χ1) is 16.9. The topological polar surface area (TPSA) is 94.3 Å². The van der Waals surface area contributed by atoms with E-state index in [0.717, 1.165) is 28.6 Å². The van der Waals surface area contributed by atoms with Gasteiger partial charge in [0.25, 0.3) is 0 Å². The Bertz CT molecular complexity index is 1120. The zero-order valence-electron chi connectivity index (χ0n) is 22.9. The maximum absolute atomic E-state index is 13.3. The molecule has 1 aromatic carbocycles. The molecule has 2 atom stereocenters. The Morgan fingerprint density at radius 1 is 1.06 bits per heavy atom. The lowest BCUT2D eigenvalue weighted by Gasteiger charge is -2.32. The Morgan fingerprint density at radius 2 is 1.72 bits per heavy atom. The number of H-pyrrole nitrogens is 1. The third kappa shape index (κ3) is 7.83. The van der Waals surface area contributed by atoms with E-state index in [1.165, 1.54) is 17.4 Å². The second kappa shape index (κ2) is 13.1. The largest absolute Gasteiger partial charge is 0.358 e. The molecule has 7 heteroatoms. The van der Waals surface area contributed by atoms with Crippen LogP contribution in [0.15, 0.2) is 42.1 Å². The standard InChI is InChI=1S/C29H42N4O3/c1-18(2)13-14-25-23(22-11-9-10-12-24(22)32-25)15-16-30-28(35)26(17-19(3)4)33(8)29(36)27(20(5)6)31-21(7)34/h9-13,15-16,19-20,26-27,32H,14,17H2,1-8H3,(H,30,35)(H,31,34)/b16-15-/t26-,27-/m1/s1.